The van der Waals surface area contributed by atoms with Gasteiger partial charge in [0, 0.05) is 6.20 Å². The van der Waals surface area contributed by atoms with Crippen LogP contribution in [0.5, 0.6) is 11.5 Å². The second-order valence-electron chi connectivity index (χ2n) is 5.11. The highest BCUT2D eigenvalue weighted by Crippen LogP contribution is 2.29. The van der Waals surface area contributed by atoms with Gasteiger partial charge in [-0.3, -0.25) is 14.6 Å². The van der Waals surface area contributed by atoms with Crippen molar-refractivity contribution in [3.05, 3.63) is 53.3 Å². The number of nitrogens with zero attached hydrogens (tertiary/aromatic N) is 1. The minimum atomic E-state index is -0.638. The SMILES string of the molecule is COc1ccc(C(C)NC(=O)c2ccc(C(N)=O)nc2)cc1OC. The van der Waals surface area contributed by atoms with Crippen LogP contribution in [-0.4, -0.2) is 31.0 Å². The van der Waals surface area contributed by atoms with Crippen LogP contribution in [0.25, 0.3) is 0 Å². The van der Waals surface area contributed by atoms with Crippen LogP contribution in [0.3, 0.4) is 0 Å². The number of methoxy groups -OCH3 is 2. The molecule has 7 nitrogen and oxygen atoms in total. The summed E-state index contributed by atoms with van der Waals surface area (Å²) in [5.74, 6) is 0.260. The van der Waals surface area contributed by atoms with Gasteiger partial charge in [0.05, 0.1) is 25.8 Å². The number of hydrogen-bond donors (Lipinski definition) is 2. The lowest BCUT2D eigenvalue weighted by Crippen LogP contribution is -2.27. The zero-order valence-electron chi connectivity index (χ0n) is 13.7. The molecular weight excluding hydrogens is 310 g/mol. The predicted octanol–water partition coefficient (Wildman–Crippen LogP) is 1.69. The molecule has 0 fully saturated rings. The summed E-state index contributed by atoms with van der Waals surface area (Å²) in [5.41, 5.74) is 6.44. The third kappa shape index (κ3) is 3.81. The lowest BCUT2D eigenvalue weighted by molar-refractivity contribution is 0.0936. The predicted molar refractivity (Wildman–Crippen MR) is 88.2 cm³/mol. The molecule has 0 bridgehead atoms. The molecule has 1 unspecified atom stereocenters. The third-order valence-electron chi connectivity index (χ3n) is 3.53. The average molecular weight is 329 g/mol. The van der Waals surface area contributed by atoms with Crippen molar-refractivity contribution in [2.24, 2.45) is 5.73 Å². The van der Waals surface area contributed by atoms with E-state index >= 15 is 0 Å². The molecule has 0 aliphatic carbocycles. The molecule has 24 heavy (non-hydrogen) atoms. The Morgan fingerprint density at radius 3 is 2.38 bits per heavy atom. The van der Waals surface area contributed by atoms with E-state index in [1.165, 1.54) is 18.3 Å². The van der Waals surface area contributed by atoms with E-state index in [4.69, 9.17) is 15.2 Å². The van der Waals surface area contributed by atoms with E-state index in [1.807, 2.05) is 13.0 Å². The number of ether oxygens (including phenoxy) is 2. The van der Waals surface area contributed by atoms with E-state index in [0.717, 1.165) is 5.56 Å². The summed E-state index contributed by atoms with van der Waals surface area (Å²) in [6.07, 6.45) is 1.32. The van der Waals surface area contributed by atoms with Crippen LogP contribution >= 0.6 is 0 Å². The number of hydrogen-bond acceptors (Lipinski definition) is 5. The topological polar surface area (TPSA) is 104 Å². The molecule has 0 aliphatic heterocycles. The Morgan fingerprint density at radius 2 is 1.83 bits per heavy atom. The smallest absolute Gasteiger partial charge is 0.267 e. The largest absolute Gasteiger partial charge is 0.493 e. The Morgan fingerprint density at radius 1 is 1.12 bits per heavy atom. The van der Waals surface area contributed by atoms with Gasteiger partial charge in [-0.2, -0.15) is 0 Å². The van der Waals surface area contributed by atoms with Crippen molar-refractivity contribution in [2.75, 3.05) is 14.2 Å². The van der Waals surface area contributed by atoms with Gasteiger partial charge in [0.15, 0.2) is 11.5 Å². The first-order valence-electron chi connectivity index (χ1n) is 7.25. The number of amides is 2. The zero-order valence-corrected chi connectivity index (χ0v) is 13.7. The van der Waals surface area contributed by atoms with Crippen LogP contribution in [0, 0.1) is 0 Å². The van der Waals surface area contributed by atoms with Crippen LogP contribution in [0.2, 0.25) is 0 Å². The summed E-state index contributed by atoms with van der Waals surface area (Å²) in [6.45, 7) is 1.85. The molecule has 1 aromatic carbocycles. The Labute approximate surface area is 139 Å². The summed E-state index contributed by atoms with van der Waals surface area (Å²) in [5, 5.41) is 2.86. The van der Waals surface area contributed by atoms with Crippen molar-refractivity contribution in [1.29, 1.82) is 0 Å². The maximum Gasteiger partial charge on any atom is 0.267 e. The first-order valence-corrected chi connectivity index (χ1v) is 7.25. The molecule has 7 heteroatoms. The van der Waals surface area contributed by atoms with Gasteiger partial charge in [-0.15, -0.1) is 0 Å². The highest BCUT2D eigenvalue weighted by atomic mass is 16.5. The molecule has 1 heterocycles. The van der Waals surface area contributed by atoms with Gasteiger partial charge in [0.25, 0.3) is 11.8 Å². The molecule has 0 aliphatic rings. The fraction of sp³-hybridized carbons (Fsp3) is 0.235. The van der Waals surface area contributed by atoms with Crippen molar-refractivity contribution in [2.45, 2.75) is 13.0 Å². The number of pyridine rings is 1. The normalized spacial score (nSPS) is 11.5. The summed E-state index contributed by atoms with van der Waals surface area (Å²) in [6, 6.07) is 8.09. The molecule has 0 saturated carbocycles. The van der Waals surface area contributed by atoms with E-state index < -0.39 is 5.91 Å². The van der Waals surface area contributed by atoms with Crippen LogP contribution < -0.4 is 20.5 Å². The zero-order chi connectivity index (χ0) is 17.7. The molecule has 0 radical (unpaired) electrons. The fourth-order valence-corrected chi connectivity index (χ4v) is 2.16. The second-order valence-corrected chi connectivity index (χ2v) is 5.11. The molecule has 0 spiro atoms. The van der Waals surface area contributed by atoms with E-state index in [0.29, 0.717) is 17.1 Å². The number of carbonyl (C=O) groups excluding carboxylic acids is 2. The van der Waals surface area contributed by atoms with Gasteiger partial charge >= 0.3 is 0 Å². The van der Waals surface area contributed by atoms with Crippen molar-refractivity contribution in [3.63, 3.8) is 0 Å². The van der Waals surface area contributed by atoms with Gasteiger partial charge < -0.3 is 20.5 Å². The first kappa shape index (κ1) is 17.3. The summed E-state index contributed by atoms with van der Waals surface area (Å²) in [7, 11) is 3.11. The van der Waals surface area contributed by atoms with E-state index in [2.05, 4.69) is 10.3 Å². The molecule has 1 atom stereocenters. The van der Waals surface area contributed by atoms with Gasteiger partial charge in [0.1, 0.15) is 5.69 Å². The standard InChI is InChI=1S/C17H19N3O4/c1-10(11-5-7-14(23-2)15(8-11)24-3)20-17(22)12-4-6-13(16(18)21)19-9-12/h4-10H,1-3H3,(H2,18,21)(H,20,22). The molecule has 126 valence electrons. The highest BCUT2D eigenvalue weighted by Gasteiger charge is 2.14. The fourth-order valence-electron chi connectivity index (χ4n) is 2.16. The summed E-state index contributed by atoms with van der Waals surface area (Å²) >= 11 is 0. The number of nitrogens with two attached hydrogens (primary N) is 1. The maximum atomic E-state index is 12.3. The number of benzene rings is 1. The summed E-state index contributed by atoms with van der Waals surface area (Å²) in [4.78, 5) is 27.1. The van der Waals surface area contributed by atoms with Crippen molar-refractivity contribution in [3.8, 4) is 11.5 Å². The van der Waals surface area contributed by atoms with E-state index in [1.54, 1.807) is 26.4 Å². The van der Waals surface area contributed by atoms with Gasteiger partial charge in [0.2, 0.25) is 0 Å². The van der Waals surface area contributed by atoms with E-state index in [-0.39, 0.29) is 17.6 Å². The molecule has 2 amide bonds. The van der Waals surface area contributed by atoms with Crippen LogP contribution in [0.1, 0.15) is 39.4 Å². The van der Waals surface area contributed by atoms with Crippen molar-refractivity contribution < 1.29 is 19.1 Å². The lowest BCUT2D eigenvalue weighted by atomic mass is 10.1. The Kier molecular flexibility index (Phi) is 5.36. The molecule has 1 aromatic heterocycles. The Balaban J connectivity index is 2.12. The lowest BCUT2D eigenvalue weighted by Gasteiger charge is -2.16. The Hall–Kier alpha value is -3.09. The highest BCUT2D eigenvalue weighted by molar-refractivity contribution is 5.95. The number of nitrogens with one attached hydrogen (secondary N) is 1. The summed E-state index contributed by atoms with van der Waals surface area (Å²) < 4.78 is 10.5. The van der Waals surface area contributed by atoms with Gasteiger partial charge in [-0.05, 0) is 36.8 Å². The second kappa shape index (κ2) is 7.45. The minimum absolute atomic E-state index is 0.111. The molecule has 3 N–H and O–H groups in total. The third-order valence-corrected chi connectivity index (χ3v) is 3.53. The monoisotopic (exact) mass is 329 g/mol. The van der Waals surface area contributed by atoms with Crippen LogP contribution in [0.15, 0.2) is 36.5 Å². The van der Waals surface area contributed by atoms with Gasteiger partial charge in [-0.25, -0.2) is 0 Å². The number of carbonyl (C=O) groups is 2. The molecule has 0 saturated heterocycles. The van der Waals surface area contributed by atoms with Crippen molar-refractivity contribution in [1.82, 2.24) is 10.3 Å². The van der Waals surface area contributed by atoms with Crippen LogP contribution in [0.4, 0.5) is 0 Å². The van der Waals surface area contributed by atoms with Crippen LogP contribution in [-0.2, 0) is 0 Å². The minimum Gasteiger partial charge on any atom is -0.493 e. The molecular formula is C17H19N3O4. The average Bonchev–Trinajstić information content (AvgIpc) is 2.60. The number of rotatable bonds is 6. The molecule has 2 rings (SSSR count). The Bertz CT molecular complexity index is 744. The first-order chi connectivity index (χ1) is 11.5. The molecule has 2 aromatic rings. The number of primary amides is 1. The number of aromatic nitrogens is 1. The quantitative estimate of drug-likeness (QED) is 0.839. The van der Waals surface area contributed by atoms with Gasteiger partial charge in [-0.1, -0.05) is 6.07 Å². The van der Waals surface area contributed by atoms with Crippen molar-refractivity contribution >= 4 is 11.8 Å². The maximum absolute atomic E-state index is 12.3. The van der Waals surface area contributed by atoms with E-state index in [9.17, 15) is 9.59 Å².